The molecule has 0 saturated heterocycles. The lowest BCUT2D eigenvalue weighted by molar-refractivity contribution is -0.140. The van der Waals surface area contributed by atoms with Crippen molar-refractivity contribution in [1.82, 2.24) is 4.90 Å². The molecule has 2 aromatic carbocycles. The van der Waals surface area contributed by atoms with E-state index in [0.717, 1.165) is 35.2 Å². The molecule has 0 saturated carbocycles. The zero-order chi connectivity index (χ0) is 23.7. The van der Waals surface area contributed by atoms with Crippen LogP contribution in [0.15, 0.2) is 18.2 Å². The predicted molar refractivity (Wildman–Crippen MR) is 118 cm³/mol. The minimum Gasteiger partial charge on any atom is -0.493 e. The first-order chi connectivity index (χ1) is 15.8. The number of halogens is 1. The average Bonchev–Trinajstić information content (AvgIpc) is 2.80. The Morgan fingerprint density at radius 2 is 1.70 bits per heavy atom. The average molecular weight is 478 g/mol. The van der Waals surface area contributed by atoms with Gasteiger partial charge in [-0.05, 0) is 41.7 Å². The highest BCUT2D eigenvalue weighted by Gasteiger charge is 2.36. The Balaban J connectivity index is 1.73. The van der Waals surface area contributed by atoms with Crippen LogP contribution < -0.4 is 18.9 Å². The van der Waals surface area contributed by atoms with E-state index in [-0.39, 0.29) is 6.04 Å². The van der Waals surface area contributed by atoms with Gasteiger partial charge in [0, 0.05) is 35.8 Å². The minimum absolute atomic E-state index is 0.0162. The molecule has 0 spiro atoms. The molecule has 0 fully saturated rings. The van der Waals surface area contributed by atoms with Gasteiger partial charge >= 0.3 is 11.9 Å². The number of carboxylic acids is 2. The number of carbonyl (C=O) groups is 2. The zero-order valence-corrected chi connectivity index (χ0v) is 19.0. The van der Waals surface area contributed by atoms with Crippen LogP contribution in [0.4, 0.5) is 0 Å². The van der Waals surface area contributed by atoms with Crippen LogP contribution in [0.5, 0.6) is 23.0 Å². The summed E-state index contributed by atoms with van der Waals surface area (Å²) in [4.78, 5) is 24.4. The van der Waals surface area contributed by atoms with Crippen molar-refractivity contribution in [2.24, 2.45) is 0 Å². The van der Waals surface area contributed by atoms with Gasteiger partial charge in [-0.25, -0.2) is 9.59 Å². The summed E-state index contributed by atoms with van der Waals surface area (Å²) >= 11 is 6.60. The van der Waals surface area contributed by atoms with Crippen molar-refractivity contribution in [2.75, 3.05) is 34.0 Å². The lowest BCUT2D eigenvalue weighted by Crippen LogP contribution is -2.39. The van der Waals surface area contributed by atoms with Crippen molar-refractivity contribution < 1.29 is 38.7 Å². The van der Waals surface area contributed by atoms with E-state index in [4.69, 9.17) is 40.8 Å². The summed E-state index contributed by atoms with van der Waals surface area (Å²) in [6, 6.07) is 5.37. The number of aliphatic carboxylic acids is 2. The predicted octanol–water partition coefficient (Wildman–Crippen LogP) is 2.94. The molecule has 0 aromatic heterocycles. The molecule has 2 aliphatic heterocycles. The summed E-state index contributed by atoms with van der Waals surface area (Å²) in [5.74, 6) is -0.500. The van der Waals surface area contributed by atoms with E-state index in [2.05, 4.69) is 4.90 Å². The van der Waals surface area contributed by atoms with Gasteiger partial charge in [0.1, 0.15) is 0 Å². The summed E-state index contributed by atoms with van der Waals surface area (Å²) in [5.41, 5.74) is 3.81. The van der Waals surface area contributed by atoms with Crippen LogP contribution in [0, 0.1) is 0 Å². The van der Waals surface area contributed by atoms with Crippen molar-refractivity contribution in [3.63, 3.8) is 0 Å². The van der Waals surface area contributed by atoms with Crippen molar-refractivity contribution in [2.45, 2.75) is 25.4 Å². The molecule has 1 atom stereocenters. The van der Waals surface area contributed by atoms with E-state index >= 15 is 0 Å². The Bertz CT molecular complexity index is 1100. The quantitative estimate of drug-likeness (QED) is 0.592. The van der Waals surface area contributed by atoms with E-state index in [9.17, 15) is 9.59 Å². The number of hydrogen-bond acceptors (Lipinski definition) is 7. The Kier molecular flexibility index (Phi) is 6.53. The summed E-state index contributed by atoms with van der Waals surface area (Å²) < 4.78 is 21.9. The van der Waals surface area contributed by atoms with Crippen LogP contribution in [-0.2, 0) is 29.0 Å². The van der Waals surface area contributed by atoms with E-state index < -0.39 is 25.2 Å². The number of fused-ring (bicyclic) bond motifs is 4. The van der Waals surface area contributed by atoms with Crippen LogP contribution in [0.1, 0.15) is 28.3 Å². The number of ether oxygens (including phenoxy) is 4. The Hall–Kier alpha value is -3.17. The smallest absolute Gasteiger partial charge is 0.341 e. The van der Waals surface area contributed by atoms with Gasteiger partial charge in [-0.15, -0.1) is 0 Å². The highest BCUT2D eigenvalue weighted by Crippen LogP contribution is 2.48. The fourth-order valence-electron chi connectivity index (χ4n) is 4.53. The SMILES string of the molecule is COc1cc2c(cc1OCC(=O)O)C1Cc3c(Cl)cc(OC)c(OCC(=O)O)c3CN1CC2. The Morgan fingerprint density at radius 1 is 1.00 bits per heavy atom. The molecule has 2 aliphatic rings. The lowest BCUT2D eigenvalue weighted by atomic mass is 9.83. The zero-order valence-electron chi connectivity index (χ0n) is 18.2. The van der Waals surface area contributed by atoms with Crippen molar-refractivity contribution in [3.8, 4) is 23.0 Å². The highest BCUT2D eigenvalue weighted by atomic mass is 35.5. The van der Waals surface area contributed by atoms with E-state index in [1.807, 2.05) is 12.1 Å². The fourth-order valence-corrected chi connectivity index (χ4v) is 4.82. The summed E-state index contributed by atoms with van der Waals surface area (Å²) in [7, 11) is 3.01. The maximum atomic E-state index is 11.1. The lowest BCUT2D eigenvalue weighted by Gasteiger charge is -2.42. The van der Waals surface area contributed by atoms with Gasteiger partial charge in [0.2, 0.25) is 0 Å². The van der Waals surface area contributed by atoms with E-state index in [1.54, 1.807) is 6.07 Å². The molecule has 0 bridgehead atoms. The van der Waals surface area contributed by atoms with Crippen LogP contribution >= 0.6 is 11.6 Å². The Morgan fingerprint density at radius 3 is 2.36 bits per heavy atom. The first kappa shape index (κ1) is 23.0. The largest absolute Gasteiger partial charge is 0.493 e. The maximum absolute atomic E-state index is 11.1. The fraction of sp³-hybridized carbons (Fsp3) is 0.391. The van der Waals surface area contributed by atoms with Crippen molar-refractivity contribution in [1.29, 1.82) is 0 Å². The molecular weight excluding hydrogens is 454 g/mol. The van der Waals surface area contributed by atoms with E-state index in [1.165, 1.54) is 14.2 Å². The number of benzene rings is 2. The molecule has 33 heavy (non-hydrogen) atoms. The number of carboxylic acid groups (broad SMARTS) is 2. The second kappa shape index (κ2) is 9.36. The van der Waals surface area contributed by atoms with Crippen LogP contribution in [0.3, 0.4) is 0 Å². The van der Waals surface area contributed by atoms with Gasteiger partial charge < -0.3 is 29.2 Å². The normalized spacial score (nSPS) is 16.8. The second-order valence-corrected chi connectivity index (χ2v) is 8.26. The molecule has 10 heteroatoms. The highest BCUT2D eigenvalue weighted by molar-refractivity contribution is 6.31. The summed E-state index contributed by atoms with van der Waals surface area (Å²) in [6.07, 6.45) is 1.33. The molecule has 0 radical (unpaired) electrons. The second-order valence-electron chi connectivity index (χ2n) is 7.85. The van der Waals surface area contributed by atoms with Gasteiger partial charge in [-0.2, -0.15) is 0 Å². The molecule has 9 nitrogen and oxygen atoms in total. The third kappa shape index (κ3) is 4.51. The molecular formula is C23H24ClNO8. The van der Waals surface area contributed by atoms with Gasteiger partial charge in [0.25, 0.3) is 0 Å². The molecule has 4 rings (SSSR count). The molecule has 176 valence electrons. The third-order valence-electron chi connectivity index (χ3n) is 5.97. The first-order valence-electron chi connectivity index (χ1n) is 10.3. The monoisotopic (exact) mass is 477 g/mol. The molecule has 1 unspecified atom stereocenters. The van der Waals surface area contributed by atoms with Gasteiger partial charge in [-0.3, -0.25) is 4.90 Å². The molecule has 2 heterocycles. The third-order valence-corrected chi connectivity index (χ3v) is 6.31. The van der Waals surface area contributed by atoms with E-state index in [0.29, 0.717) is 41.0 Å². The Labute approximate surface area is 195 Å². The van der Waals surface area contributed by atoms with Gasteiger partial charge in [0.15, 0.2) is 36.2 Å². The molecule has 0 amide bonds. The topological polar surface area (TPSA) is 115 Å². The van der Waals surface area contributed by atoms with Crippen LogP contribution in [0.2, 0.25) is 5.02 Å². The first-order valence-corrected chi connectivity index (χ1v) is 10.7. The molecule has 2 aromatic rings. The van der Waals surface area contributed by atoms with Crippen molar-refractivity contribution >= 4 is 23.5 Å². The van der Waals surface area contributed by atoms with Gasteiger partial charge in [0.05, 0.1) is 14.2 Å². The van der Waals surface area contributed by atoms with Gasteiger partial charge in [-0.1, -0.05) is 11.6 Å². The summed E-state index contributed by atoms with van der Waals surface area (Å²) in [5, 5.41) is 18.6. The molecule has 0 aliphatic carbocycles. The summed E-state index contributed by atoms with van der Waals surface area (Å²) in [6.45, 7) is 0.314. The van der Waals surface area contributed by atoms with Crippen molar-refractivity contribution in [3.05, 3.63) is 45.5 Å². The standard InChI is InChI=1S/C23H24ClNO8/c1-30-18-5-12-3-4-25-9-15-14(6-17(25)13(12)7-19(18)32-10-21(26)27)16(24)8-20(31-2)23(15)33-11-22(28)29/h5,7-8,17H,3-4,6,9-11H2,1-2H3,(H,26,27)(H,28,29). The number of methoxy groups -OCH3 is 2. The maximum Gasteiger partial charge on any atom is 0.341 e. The number of rotatable bonds is 8. The minimum atomic E-state index is -1.08. The number of hydrogen-bond donors (Lipinski definition) is 2. The van der Waals surface area contributed by atoms with Crippen LogP contribution in [-0.4, -0.2) is 61.0 Å². The molecule has 2 N–H and O–H groups in total. The van der Waals surface area contributed by atoms with Crippen LogP contribution in [0.25, 0.3) is 0 Å². The number of nitrogens with zero attached hydrogens (tertiary/aromatic N) is 1.